The van der Waals surface area contributed by atoms with Crippen molar-refractivity contribution < 1.29 is 27.4 Å². The van der Waals surface area contributed by atoms with Gasteiger partial charge in [0.25, 0.3) is 0 Å². The lowest BCUT2D eigenvalue weighted by atomic mass is 9.85. The summed E-state index contributed by atoms with van der Waals surface area (Å²) in [5.74, 6) is 1.21. The molecule has 0 saturated heterocycles. The molecule has 6 heteroatoms. The molecule has 0 unspecified atom stereocenters. The standard InChI is InChI=1S/C21H27F3O3/c1-15-18(25-13-5-10-16-8-4-9-16)11-12-19(20(15)27-21(22,23)24)26-14-17-6-2-3-7-17/h5,10-12,16-17H,2-4,6-9,13-14H2,1H3/b10-5+. The van der Waals surface area contributed by atoms with E-state index in [4.69, 9.17) is 9.47 Å². The molecule has 0 amide bonds. The van der Waals surface area contributed by atoms with Gasteiger partial charge >= 0.3 is 6.36 Å². The molecule has 0 aromatic heterocycles. The fourth-order valence-electron chi connectivity index (χ4n) is 3.56. The monoisotopic (exact) mass is 384 g/mol. The van der Waals surface area contributed by atoms with Crippen LogP contribution in [-0.4, -0.2) is 19.6 Å². The first kappa shape index (κ1) is 19.9. The van der Waals surface area contributed by atoms with Crippen LogP contribution in [0.4, 0.5) is 13.2 Å². The van der Waals surface area contributed by atoms with Crippen molar-refractivity contribution in [2.24, 2.45) is 11.8 Å². The molecule has 150 valence electrons. The third-order valence-electron chi connectivity index (χ3n) is 5.38. The molecule has 0 radical (unpaired) electrons. The molecule has 0 spiro atoms. The van der Waals surface area contributed by atoms with E-state index in [1.807, 2.05) is 6.08 Å². The number of alkyl halides is 3. The van der Waals surface area contributed by atoms with E-state index in [1.165, 1.54) is 25.3 Å². The number of hydrogen-bond acceptors (Lipinski definition) is 3. The van der Waals surface area contributed by atoms with Crippen LogP contribution in [0.1, 0.15) is 50.5 Å². The van der Waals surface area contributed by atoms with Gasteiger partial charge in [0.1, 0.15) is 12.4 Å². The first-order chi connectivity index (χ1) is 12.9. The minimum Gasteiger partial charge on any atom is -0.489 e. The van der Waals surface area contributed by atoms with Gasteiger partial charge in [-0.2, -0.15) is 0 Å². The van der Waals surface area contributed by atoms with Gasteiger partial charge in [0.05, 0.1) is 6.61 Å². The molecule has 2 aliphatic rings. The predicted octanol–water partition coefficient (Wildman–Crippen LogP) is 6.20. The SMILES string of the molecule is Cc1c(OC/C=C/C2CCC2)ccc(OCC2CCCC2)c1OC(F)(F)F. The largest absolute Gasteiger partial charge is 0.573 e. The minimum absolute atomic E-state index is 0.120. The molecule has 2 fully saturated rings. The van der Waals surface area contributed by atoms with Crippen LogP contribution in [0.3, 0.4) is 0 Å². The summed E-state index contributed by atoms with van der Waals surface area (Å²) in [6.07, 6.45) is 7.35. The summed E-state index contributed by atoms with van der Waals surface area (Å²) < 4.78 is 54.3. The molecular formula is C21H27F3O3. The van der Waals surface area contributed by atoms with Crippen LogP contribution in [0.25, 0.3) is 0 Å². The maximum atomic E-state index is 12.9. The van der Waals surface area contributed by atoms with E-state index in [9.17, 15) is 13.2 Å². The molecule has 0 bridgehead atoms. The van der Waals surface area contributed by atoms with Gasteiger partial charge in [-0.05, 0) is 56.6 Å². The minimum atomic E-state index is -4.78. The Bertz CT molecular complexity index is 645. The van der Waals surface area contributed by atoms with Gasteiger partial charge in [0.15, 0.2) is 11.5 Å². The van der Waals surface area contributed by atoms with Gasteiger partial charge in [0.2, 0.25) is 0 Å². The number of ether oxygens (including phenoxy) is 3. The van der Waals surface area contributed by atoms with Gasteiger partial charge in [0, 0.05) is 5.56 Å². The third kappa shape index (κ3) is 5.81. The van der Waals surface area contributed by atoms with Gasteiger partial charge in [-0.15, -0.1) is 13.2 Å². The Morgan fingerprint density at radius 1 is 1.00 bits per heavy atom. The summed E-state index contributed by atoms with van der Waals surface area (Å²) >= 11 is 0. The number of allylic oxidation sites excluding steroid dienone is 1. The van der Waals surface area contributed by atoms with Crippen LogP contribution in [0.15, 0.2) is 24.3 Å². The smallest absolute Gasteiger partial charge is 0.489 e. The highest BCUT2D eigenvalue weighted by Gasteiger charge is 2.34. The molecule has 2 saturated carbocycles. The van der Waals surface area contributed by atoms with Crippen molar-refractivity contribution in [2.45, 2.75) is 58.2 Å². The molecule has 0 atom stereocenters. The number of rotatable bonds is 8. The second-order valence-corrected chi connectivity index (χ2v) is 7.46. The second-order valence-electron chi connectivity index (χ2n) is 7.46. The maximum absolute atomic E-state index is 12.9. The Morgan fingerprint density at radius 2 is 1.70 bits per heavy atom. The third-order valence-corrected chi connectivity index (χ3v) is 5.38. The van der Waals surface area contributed by atoms with Crippen LogP contribution < -0.4 is 14.2 Å². The summed E-state index contributed by atoms with van der Waals surface area (Å²) in [5, 5.41) is 0. The van der Waals surface area contributed by atoms with E-state index >= 15 is 0 Å². The van der Waals surface area contributed by atoms with E-state index in [1.54, 1.807) is 13.0 Å². The molecule has 2 aliphatic carbocycles. The number of hydrogen-bond donors (Lipinski definition) is 0. The predicted molar refractivity (Wildman–Crippen MR) is 97.3 cm³/mol. The average molecular weight is 384 g/mol. The Morgan fingerprint density at radius 3 is 2.33 bits per heavy atom. The van der Waals surface area contributed by atoms with Crippen LogP contribution in [-0.2, 0) is 0 Å². The lowest BCUT2D eigenvalue weighted by molar-refractivity contribution is -0.275. The quantitative estimate of drug-likeness (QED) is 0.500. The van der Waals surface area contributed by atoms with E-state index in [0.717, 1.165) is 25.7 Å². The van der Waals surface area contributed by atoms with Crippen LogP contribution in [0, 0.1) is 18.8 Å². The molecule has 0 N–H and O–H groups in total. The average Bonchev–Trinajstić information content (AvgIpc) is 3.07. The van der Waals surface area contributed by atoms with Gasteiger partial charge in [-0.25, -0.2) is 0 Å². The van der Waals surface area contributed by atoms with Crippen molar-refractivity contribution in [2.75, 3.05) is 13.2 Å². The number of halogens is 3. The summed E-state index contributed by atoms with van der Waals surface area (Å²) in [5.41, 5.74) is 0.299. The van der Waals surface area contributed by atoms with Crippen LogP contribution in [0.5, 0.6) is 17.2 Å². The van der Waals surface area contributed by atoms with Gasteiger partial charge in [-0.3, -0.25) is 0 Å². The van der Waals surface area contributed by atoms with Crippen molar-refractivity contribution >= 4 is 0 Å². The zero-order chi connectivity index (χ0) is 19.3. The van der Waals surface area contributed by atoms with Gasteiger partial charge < -0.3 is 14.2 Å². The fourth-order valence-corrected chi connectivity index (χ4v) is 3.56. The van der Waals surface area contributed by atoms with E-state index < -0.39 is 6.36 Å². The van der Waals surface area contributed by atoms with E-state index in [-0.39, 0.29) is 11.5 Å². The Balaban J connectivity index is 1.68. The first-order valence-corrected chi connectivity index (χ1v) is 9.74. The zero-order valence-corrected chi connectivity index (χ0v) is 15.7. The highest BCUT2D eigenvalue weighted by atomic mass is 19.4. The molecular weight excluding hydrogens is 357 g/mol. The fraction of sp³-hybridized carbons (Fsp3) is 0.619. The summed E-state index contributed by atoms with van der Waals surface area (Å²) in [6, 6.07) is 3.16. The first-order valence-electron chi connectivity index (χ1n) is 9.74. The second kappa shape index (κ2) is 8.89. The summed E-state index contributed by atoms with van der Waals surface area (Å²) in [7, 11) is 0. The lowest BCUT2D eigenvalue weighted by Gasteiger charge is -2.21. The van der Waals surface area contributed by atoms with Crippen molar-refractivity contribution in [3.8, 4) is 17.2 Å². The van der Waals surface area contributed by atoms with Crippen molar-refractivity contribution in [1.29, 1.82) is 0 Å². The molecule has 1 aromatic carbocycles. The van der Waals surface area contributed by atoms with Gasteiger partial charge in [-0.1, -0.05) is 31.4 Å². The molecule has 0 heterocycles. The van der Waals surface area contributed by atoms with E-state index in [0.29, 0.717) is 36.4 Å². The summed E-state index contributed by atoms with van der Waals surface area (Å²) in [6.45, 7) is 2.30. The highest BCUT2D eigenvalue weighted by Crippen LogP contribution is 2.40. The molecule has 27 heavy (non-hydrogen) atoms. The highest BCUT2D eigenvalue weighted by molar-refractivity contribution is 5.53. The van der Waals surface area contributed by atoms with Crippen molar-refractivity contribution in [1.82, 2.24) is 0 Å². The topological polar surface area (TPSA) is 27.7 Å². The van der Waals surface area contributed by atoms with Crippen LogP contribution >= 0.6 is 0 Å². The molecule has 1 aromatic rings. The molecule has 3 nitrogen and oxygen atoms in total. The van der Waals surface area contributed by atoms with Crippen molar-refractivity contribution in [3.63, 3.8) is 0 Å². The normalized spacial score (nSPS) is 18.7. The Kier molecular flexibility index (Phi) is 6.55. The molecule has 0 aliphatic heterocycles. The zero-order valence-electron chi connectivity index (χ0n) is 15.7. The van der Waals surface area contributed by atoms with Crippen LogP contribution in [0.2, 0.25) is 0 Å². The number of benzene rings is 1. The molecule has 3 rings (SSSR count). The Hall–Kier alpha value is -1.85. The lowest BCUT2D eigenvalue weighted by Crippen LogP contribution is -2.19. The Labute approximate surface area is 158 Å². The maximum Gasteiger partial charge on any atom is 0.573 e. The van der Waals surface area contributed by atoms with Crippen molar-refractivity contribution in [3.05, 3.63) is 29.8 Å². The van der Waals surface area contributed by atoms with E-state index in [2.05, 4.69) is 10.8 Å². The summed E-state index contributed by atoms with van der Waals surface area (Å²) in [4.78, 5) is 0.